The molecule has 0 aliphatic heterocycles. The number of amides is 1. The molecule has 6 heteroatoms. The number of nitrogens with two attached hydrogens (primary N) is 1. The second-order valence-electron chi connectivity index (χ2n) is 4.31. The van der Waals surface area contributed by atoms with E-state index in [1.165, 1.54) is 0 Å². The van der Waals surface area contributed by atoms with Gasteiger partial charge in [-0.1, -0.05) is 13.0 Å². The molecule has 0 spiro atoms. The lowest BCUT2D eigenvalue weighted by atomic mass is 10.2. The predicted octanol–water partition coefficient (Wildman–Crippen LogP) is 2.14. The summed E-state index contributed by atoms with van der Waals surface area (Å²) in [5.41, 5.74) is 5.68. The van der Waals surface area contributed by atoms with Gasteiger partial charge in [0.05, 0.1) is 13.2 Å². The van der Waals surface area contributed by atoms with Gasteiger partial charge in [-0.25, -0.2) is 8.78 Å². The SMILES string of the molecule is CCCOc1cccc(C(=O)N(CCN)CC(F)F)c1. The Labute approximate surface area is 117 Å². The number of nitrogens with zero attached hydrogens (tertiary/aromatic N) is 1. The van der Waals surface area contributed by atoms with E-state index in [9.17, 15) is 13.6 Å². The van der Waals surface area contributed by atoms with Crippen molar-refractivity contribution in [1.82, 2.24) is 4.90 Å². The van der Waals surface area contributed by atoms with Crippen LogP contribution in [0.2, 0.25) is 0 Å². The monoisotopic (exact) mass is 286 g/mol. The van der Waals surface area contributed by atoms with Gasteiger partial charge in [0.25, 0.3) is 12.3 Å². The summed E-state index contributed by atoms with van der Waals surface area (Å²) in [6, 6.07) is 6.54. The van der Waals surface area contributed by atoms with Gasteiger partial charge in [0.2, 0.25) is 0 Å². The largest absolute Gasteiger partial charge is 0.494 e. The van der Waals surface area contributed by atoms with Gasteiger partial charge in [0, 0.05) is 18.7 Å². The van der Waals surface area contributed by atoms with Gasteiger partial charge < -0.3 is 15.4 Å². The van der Waals surface area contributed by atoms with Crippen molar-refractivity contribution in [3.05, 3.63) is 29.8 Å². The molecule has 20 heavy (non-hydrogen) atoms. The molecule has 2 N–H and O–H groups in total. The van der Waals surface area contributed by atoms with Crippen LogP contribution in [-0.2, 0) is 0 Å². The normalized spacial score (nSPS) is 10.7. The molecule has 0 saturated heterocycles. The van der Waals surface area contributed by atoms with E-state index in [-0.39, 0.29) is 13.1 Å². The zero-order valence-corrected chi connectivity index (χ0v) is 11.5. The fraction of sp³-hybridized carbons (Fsp3) is 0.500. The third kappa shape index (κ3) is 5.13. The summed E-state index contributed by atoms with van der Waals surface area (Å²) in [6.45, 7) is 2.14. The van der Waals surface area contributed by atoms with Crippen LogP contribution < -0.4 is 10.5 Å². The Morgan fingerprint density at radius 1 is 1.45 bits per heavy atom. The molecule has 0 heterocycles. The van der Waals surface area contributed by atoms with Crippen LogP contribution in [0.25, 0.3) is 0 Å². The van der Waals surface area contributed by atoms with E-state index in [1.807, 2.05) is 6.92 Å². The minimum absolute atomic E-state index is 0.100. The van der Waals surface area contributed by atoms with Gasteiger partial charge in [-0.15, -0.1) is 0 Å². The lowest BCUT2D eigenvalue weighted by Gasteiger charge is -2.21. The predicted molar refractivity (Wildman–Crippen MR) is 73.2 cm³/mol. The van der Waals surface area contributed by atoms with Gasteiger partial charge in [0.1, 0.15) is 5.75 Å². The van der Waals surface area contributed by atoms with E-state index < -0.39 is 18.9 Å². The number of hydrogen-bond donors (Lipinski definition) is 1. The molecule has 0 radical (unpaired) electrons. The van der Waals surface area contributed by atoms with Crippen LogP contribution >= 0.6 is 0 Å². The Kier molecular flexibility index (Phi) is 6.93. The number of halogens is 2. The second kappa shape index (κ2) is 8.47. The molecule has 0 fully saturated rings. The van der Waals surface area contributed by atoms with Gasteiger partial charge in [-0.3, -0.25) is 4.79 Å². The van der Waals surface area contributed by atoms with E-state index in [0.717, 1.165) is 11.3 Å². The van der Waals surface area contributed by atoms with E-state index in [1.54, 1.807) is 24.3 Å². The van der Waals surface area contributed by atoms with Crippen molar-refractivity contribution in [3.63, 3.8) is 0 Å². The lowest BCUT2D eigenvalue weighted by Crippen LogP contribution is -2.38. The molecule has 0 aromatic heterocycles. The first-order chi connectivity index (χ1) is 9.58. The molecular weight excluding hydrogens is 266 g/mol. The smallest absolute Gasteiger partial charge is 0.255 e. The van der Waals surface area contributed by atoms with E-state index in [2.05, 4.69) is 0 Å². The Morgan fingerprint density at radius 3 is 2.80 bits per heavy atom. The molecule has 0 bridgehead atoms. The van der Waals surface area contributed by atoms with Crippen molar-refractivity contribution in [2.75, 3.05) is 26.2 Å². The summed E-state index contributed by atoms with van der Waals surface area (Å²) >= 11 is 0. The molecular formula is C14H20F2N2O2. The maximum Gasteiger partial charge on any atom is 0.255 e. The van der Waals surface area contributed by atoms with Gasteiger partial charge in [-0.2, -0.15) is 0 Å². The first-order valence-corrected chi connectivity index (χ1v) is 6.58. The summed E-state index contributed by atoms with van der Waals surface area (Å²) < 4.78 is 30.4. The fourth-order valence-electron chi connectivity index (χ4n) is 1.72. The summed E-state index contributed by atoms with van der Waals surface area (Å²) in [4.78, 5) is 13.2. The van der Waals surface area contributed by atoms with Crippen LogP contribution in [0.5, 0.6) is 5.75 Å². The van der Waals surface area contributed by atoms with Crippen molar-refractivity contribution in [1.29, 1.82) is 0 Å². The summed E-state index contributed by atoms with van der Waals surface area (Å²) in [5.74, 6) is 0.0974. The number of carbonyl (C=O) groups excluding carboxylic acids is 1. The zero-order valence-electron chi connectivity index (χ0n) is 11.5. The topological polar surface area (TPSA) is 55.6 Å². The zero-order chi connectivity index (χ0) is 15.0. The number of hydrogen-bond acceptors (Lipinski definition) is 3. The second-order valence-corrected chi connectivity index (χ2v) is 4.31. The fourth-order valence-corrected chi connectivity index (χ4v) is 1.72. The molecule has 0 unspecified atom stereocenters. The summed E-state index contributed by atoms with van der Waals surface area (Å²) in [7, 11) is 0. The maximum absolute atomic E-state index is 12.5. The highest BCUT2D eigenvalue weighted by Crippen LogP contribution is 2.16. The van der Waals surface area contributed by atoms with E-state index in [4.69, 9.17) is 10.5 Å². The number of benzene rings is 1. The molecule has 1 aromatic rings. The van der Waals surface area contributed by atoms with Gasteiger partial charge in [0.15, 0.2) is 0 Å². The number of ether oxygens (including phenoxy) is 1. The molecule has 0 aliphatic rings. The van der Waals surface area contributed by atoms with Crippen molar-refractivity contribution >= 4 is 5.91 Å². The van der Waals surface area contributed by atoms with Crippen LogP contribution in [0, 0.1) is 0 Å². The van der Waals surface area contributed by atoms with Crippen molar-refractivity contribution in [3.8, 4) is 5.75 Å². The van der Waals surface area contributed by atoms with E-state index >= 15 is 0 Å². The summed E-state index contributed by atoms with van der Waals surface area (Å²) in [6.07, 6.45) is -1.73. The molecule has 0 saturated carbocycles. The molecule has 1 aromatic carbocycles. The lowest BCUT2D eigenvalue weighted by molar-refractivity contribution is 0.0562. The molecule has 1 rings (SSSR count). The maximum atomic E-state index is 12.5. The van der Waals surface area contributed by atoms with Crippen LogP contribution in [0.15, 0.2) is 24.3 Å². The van der Waals surface area contributed by atoms with Crippen LogP contribution in [0.4, 0.5) is 8.78 Å². The molecule has 1 amide bonds. The minimum Gasteiger partial charge on any atom is -0.494 e. The van der Waals surface area contributed by atoms with Crippen molar-refractivity contribution in [2.24, 2.45) is 5.73 Å². The number of rotatable bonds is 8. The van der Waals surface area contributed by atoms with Crippen LogP contribution in [-0.4, -0.2) is 43.5 Å². The van der Waals surface area contributed by atoms with Gasteiger partial charge in [-0.05, 0) is 24.6 Å². The first kappa shape index (κ1) is 16.4. The highest BCUT2D eigenvalue weighted by Gasteiger charge is 2.19. The summed E-state index contributed by atoms with van der Waals surface area (Å²) in [5, 5.41) is 0. The Morgan fingerprint density at radius 2 is 2.20 bits per heavy atom. The first-order valence-electron chi connectivity index (χ1n) is 6.58. The van der Waals surface area contributed by atoms with Crippen molar-refractivity contribution in [2.45, 2.75) is 19.8 Å². The molecule has 0 aliphatic carbocycles. The molecule has 4 nitrogen and oxygen atoms in total. The third-order valence-corrected chi connectivity index (χ3v) is 2.60. The Balaban J connectivity index is 2.82. The third-order valence-electron chi connectivity index (χ3n) is 2.60. The average molecular weight is 286 g/mol. The minimum atomic E-state index is -2.58. The number of alkyl halides is 2. The quantitative estimate of drug-likeness (QED) is 0.796. The number of carbonyl (C=O) groups is 1. The van der Waals surface area contributed by atoms with Gasteiger partial charge >= 0.3 is 0 Å². The van der Waals surface area contributed by atoms with Crippen LogP contribution in [0.1, 0.15) is 23.7 Å². The van der Waals surface area contributed by atoms with Crippen LogP contribution in [0.3, 0.4) is 0 Å². The highest BCUT2D eigenvalue weighted by molar-refractivity contribution is 5.94. The Hall–Kier alpha value is -1.69. The molecule has 0 atom stereocenters. The van der Waals surface area contributed by atoms with E-state index in [0.29, 0.717) is 17.9 Å². The average Bonchev–Trinajstić information content (AvgIpc) is 2.43. The standard InChI is InChI=1S/C14H20F2N2O2/c1-2-8-20-12-5-3-4-11(9-12)14(19)18(7-6-17)10-13(15)16/h3-5,9,13H,2,6-8,10,17H2,1H3. The Bertz CT molecular complexity index is 427. The highest BCUT2D eigenvalue weighted by atomic mass is 19.3. The van der Waals surface area contributed by atoms with Crippen molar-refractivity contribution < 1.29 is 18.3 Å². The molecule has 112 valence electrons.